The predicted octanol–water partition coefficient (Wildman–Crippen LogP) is 7.28. The van der Waals surface area contributed by atoms with Crippen molar-refractivity contribution >= 4 is 20.3 Å². The van der Waals surface area contributed by atoms with Gasteiger partial charge >= 0.3 is 0 Å². The second-order valence-corrected chi connectivity index (χ2v) is 10.3. The molecule has 3 aromatic rings. The standard InChI is InChI=1S/C25H30NSi/c1-17-12-18(2)16-22(15-17)23-10-8-9-11-24(23)26(27(6)7)25-20(4)13-19(3)14-21(25)5/h8-16H,1-7H3. The van der Waals surface area contributed by atoms with Crippen LogP contribution in [-0.4, -0.2) is 8.96 Å². The SMILES string of the molecule is Cc1cc(C)cc(-c2ccccc2N(c2c(C)cc(C)cc2C)[Si](C)C)c1. The van der Waals surface area contributed by atoms with E-state index in [0.717, 1.165) is 0 Å². The largest absolute Gasteiger partial charge is 0.369 e. The molecule has 0 saturated heterocycles. The summed E-state index contributed by atoms with van der Waals surface area (Å²) in [6, 6.07) is 20.3. The summed E-state index contributed by atoms with van der Waals surface area (Å²) in [5, 5.41) is 0. The molecule has 0 aliphatic heterocycles. The quantitative estimate of drug-likeness (QED) is 0.435. The van der Waals surface area contributed by atoms with Crippen molar-refractivity contribution < 1.29 is 0 Å². The third kappa shape index (κ3) is 4.01. The Morgan fingerprint density at radius 2 is 1.19 bits per heavy atom. The van der Waals surface area contributed by atoms with Gasteiger partial charge in [-0.3, -0.25) is 0 Å². The average Bonchev–Trinajstić information content (AvgIpc) is 2.56. The summed E-state index contributed by atoms with van der Waals surface area (Å²) >= 11 is 0. The first kappa shape index (κ1) is 19.4. The van der Waals surface area contributed by atoms with Crippen molar-refractivity contribution in [2.75, 3.05) is 4.57 Å². The minimum absolute atomic E-state index is 0.750. The smallest absolute Gasteiger partial charge is 0.169 e. The van der Waals surface area contributed by atoms with Gasteiger partial charge in [-0.05, 0) is 57.4 Å². The molecule has 3 aromatic carbocycles. The van der Waals surface area contributed by atoms with Crippen LogP contribution in [0.5, 0.6) is 0 Å². The number of rotatable bonds is 4. The fourth-order valence-electron chi connectivity index (χ4n) is 4.15. The minimum atomic E-state index is -0.750. The molecule has 0 aromatic heterocycles. The number of hydrogen-bond donors (Lipinski definition) is 0. The summed E-state index contributed by atoms with van der Waals surface area (Å²) in [5.74, 6) is 0. The molecular formula is C25H30NSi. The lowest BCUT2D eigenvalue weighted by Crippen LogP contribution is -2.31. The zero-order valence-corrected chi connectivity index (χ0v) is 18.6. The molecule has 0 saturated carbocycles. The van der Waals surface area contributed by atoms with Gasteiger partial charge in [0, 0.05) is 16.9 Å². The molecule has 1 nitrogen and oxygen atoms in total. The molecular weight excluding hydrogens is 342 g/mol. The average molecular weight is 373 g/mol. The Hall–Kier alpha value is -2.32. The summed E-state index contributed by atoms with van der Waals surface area (Å²) in [5.41, 5.74) is 12.0. The van der Waals surface area contributed by atoms with Gasteiger partial charge in [-0.15, -0.1) is 0 Å². The van der Waals surface area contributed by atoms with Gasteiger partial charge in [-0.2, -0.15) is 0 Å². The molecule has 0 atom stereocenters. The topological polar surface area (TPSA) is 3.24 Å². The zero-order chi connectivity index (χ0) is 19.7. The van der Waals surface area contributed by atoms with Crippen molar-refractivity contribution in [3.05, 3.63) is 82.4 Å². The third-order valence-corrected chi connectivity index (χ3v) is 6.34. The van der Waals surface area contributed by atoms with E-state index in [-0.39, 0.29) is 0 Å². The van der Waals surface area contributed by atoms with Crippen LogP contribution in [0.25, 0.3) is 11.1 Å². The minimum Gasteiger partial charge on any atom is -0.369 e. The van der Waals surface area contributed by atoms with Crippen LogP contribution in [0.1, 0.15) is 27.8 Å². The predicted molar refractivity (Wildman–Crippen MR) is 122 cm³/mol. The Morgan fingerprint density at radius 1 is 0.667 bits per heavy atom. The molecule has 27 heavy (non-hydrogen) atoms. The van der Waals surface area contributed by atoms with Crippen LogP contribution < -0.4 is 4.57 Å². The normalized spacial score (nSPS) is 11.1. The molecule has 0 amide bonds. The van der Waals surface area contributed by atoms with E-state index >= 15 is 0 Å². The first-order valence-corrected chi connectivity index (χ1v) is 12.1. The van der Waals surface area contributed by atoms with E-state index in [4.69, 9.17) is 0 Å². The number of nitrogens with zero attached hydrogens (tertiary/aromatic N) is 1. The van der Waals surface area contributed by atoms with Gasteiger partial charge in [0.25, 0.3) is 0 Å². The van der Waals surface area contributed by atoms with Gasteiger partial charge in [-0.1, -0.05) is 78.3 Å². The van der Waals surface area contributed by atoms with Crippen LogP contribution in [0.15, 0.2) is 54.6 Å². The van der Waals surface area contributed by atoms with Crippen molar-refractivity contribution in [3.8, 4) is 11.1 Å². The molecule has 139 valence electrons. The highest BCUT2D eigenvalue weighted by molar-refractivity contribution is 6.62. The maximum Gasteiger partial charge on any atom is 0.169 e. The fourth-order valence-corrected chi connectivity index (χ4v) is 5.63. The maximum atomic E-state index is 2.60. The molecule has 0 aliphatic carbocycles. The van der Waals surface area contributed by atoms with E-state index in [1.54, 1.807) is 0 Å². The number of aryl methyl sites for hydroxylation is 5. The second kappa shape index (κ2) is 7.73. The van der Waals surface area contributed by atoms with Crippen LogP contribution >= 0.6 is 0 Å². The Bertz CT molecular complexity index is 929. The van der Waals surface area contributed by atoms with Gasteiger partial charge in [0.15, 0.2) is 8.96 Å². The van der Waals surface area contributed by atoms with Crippen LogP contribution in [0, 0.1) is 34.6 Å². The van der Waals surface area contributed by atoms with E-state index in [2.05, 4.69) is 107 Å². The Labute approximate surface area is 166 Å². The van der Waals surface area contributed by atoms with Crippen molar-refractivity contribution in [1.29, 1.82) is 0 Å². The van der Waals surface area contributed by atoms with Crippen LogP contribution in [0.4, 0.5) is 11.4 Å². The van der Waals surface area contributed by atoms with Gasteiger partial charge in [-0.25, -0.2) is 0 Å². The van der Waals surface area contributed by atoms with E-state index < -0.39 is 8.96 Å². The number of benzene rings is 3. The summed E-state index contributed by atoms with van der Waals surface area (Å²) < 4.78 is 2.60. The lowest BCUT2D eigenvalue weighted by molar-refractivity contribution is 1.24. The van der Waals surface area contributed by atoms with Crippen molar-refractivity contribution in [2.24, 2.45) is 0 Å². The molecule has 0 aliphatic rings. The van der Waals surface area contributed by atoms with Crippen molar-refractivity contribution in [3.63, 3.8) is 0 Å². The van der Waals surface area contributed by atoms with E-state index in [1.165, 1.54) is 50.3 Å². The molecule has 3 rings (SSSR count). The molecule has 2 heteroatoms. The summed E-state index contributed by atoms with van der Waals surface area (Å²) in [6.07, 6.45) is 0. The highest BCUT2D eigenvalue weighted by Crippen LogP contribution is 2.39. The lowest BCUT2D eigenvalue weighted by atomic mass is 9.98. The lowest BCUT2D eigenvalue weighted by Gasteiger charge is -2.33. The number of para-hydroxylation sites is 1. The fraction of sp³-hybridized carbons (Fsp3) is 0.280. The van der Waals surface area contributed by atoms with E-state index in [9.17, 15) is 0 Å². The van der Waals surface area contributed by atoms with Crippen LogP contribution in [0.3, 0.4) is 0 Å². The second-order valence-electron chi connectivity index (χ2n) is 7.92. The maximum absolute atomic E-state index is 2.60. The molecule has 0 spiro atoms. The van der Waals surface area contributed by atoms with E-state index in [0.29, 0.717) is 0 Å². The third-order valence-electron chi connectivity index (χ3n) is 4.98. The van der Waals surface area contributed by atoms with Gasteiger partial charge in [0.05, 0.1) is 0 Å². The number of anilines is 2. The summed E-state index contributed by atoms with van der Waals surface area (Å²) in [6.45, 7) is 15.8. The highest BCUT2D eigenvalue weighted by Gasteiger charge is 2.21. The summed E-state index contributed by atoms with van der Waals surface area (Å²) in [4.78, 5) is 0. The van der Waals surface area contributed by atoms with E-state index in [1.807, 2.05) is 0 Å². The molecule has 0 fully saturated rings. The highest BCUT2D eigenvalue weighted by atomic mass is 28.3. The molecule has 0 N–H and O–H groups in total. The summed E-state index contributed by atoms with van der Waals surface area (Å²) in [7, 11) is -0.750. The molecule has 0 heterocycles. The van der Waals surface area contributed by atoms with Gasteiger partial charge < -0.3 is 4.57 Å². The Balaban J connectivity index is 2.25. The van der Waals surface area contributed by atoms with Crippen LogP contribution in [0.2, 0.25) is 13.1 Å². The molecule has 0 unspecified atom stereocenters. The molecule has 1 radical (unpaired) electrons. The number of hydrogen-bond acceptors (Lipinski definition) is 1. The monoisotopic (exact) mass is 372 g/mol. The Kier molecular flexibility index (Phi) is 5.57. The van der Waals surface area contributed by atoms with Gasteiger partial charge in [0.2, 0.25) is 0 Å². The van der Waals surface area contributed by atoms with Gasteiger partial charge in [0.1, 0.15) is 0 Å². The first-order valence-electron chi connectivity index (χ1n) is 9.63. The van der Waals surface area contributed by atoms with Crippen molar-refractivity contribution in [2.45, 2.75) is 47.7 Å². The van der Waals surface area contributed by atoms with Crippen LogP contribution in [-0.2, 0) is 0 Å². The zero-order valence-electron chi connectivity index (χ0n) is 17.6. The Morgan fingerprint density at radius 3 is 1.74 bits per heavy atom. The first-order chi connectivity index (χ1) is 12.8. The molecule has 0 bridgehead atoms. The van der Waals surface area contributed by atoms with Crippen molar-refractivity contribution in [1.82, 2.24) is 0 Å².